The van der Waals surface area contributed by atoms with Crippen LogP contribution in [0, 0.1) is 4.91 Å². The molecule has 2 aromatic carbocycles. The molecule has 0 atom stereocenters. The summed E-state index contributed by atoms with van der Waals surface area (Å²) in [6.07, 6.45) is 0. The largest absolute Gasteiger partial charge is 0.452 e. The monoisotopic (exact) mass is 278 g/mol. The molecule has 0 aliphatic carbocycles. The van der Waals surface area contributed by atoms with Crippen molar-refractivity contribution in [1.29, 1.82) is 0 Å². The Hall–Kier alpha value is -2.75. The third-order valence-corrected chi connectivity index (χ3v) is 3.24. The van der Waals surface area contributed by atoms with Gasteiger partial charge in [0.05, 0.1) is 0 Å². The highest BCUT2D eigenvalue weighted by molar-refractivity contribution is 6.19. The highest BCUT2D eigenvalue weighted by Crippen LogP contribution is 2.35. The molecular weight excluding hydrogens is 264 g/mol. The molecule has 1 aliphatic heterocycles. The Kier molecular flexibility index (Phi) is 3.60. The van der Waals surface area contributed by atoms with Crippen LogP contribution in [0.25, 0.3) is 5.70 Å². The van der Waals surface area contributed by atoms with Gasteiger partial charge in [0.15, 0.2) is 11.5 Å². The number of hydrogen-bond donors (Lipinski definition) is 0. The molecule has 1 heterocycles. The number of nitroso groups, excluding NO2 is 1. The summed E-state index contributed by atoms with van der Waals surface area (Å²) in [5.74, 6) is 1.14. The van der Waals surface area contributed by atoms with E-state index in [0.29, 0.717) is 23.8 Å². The lowest BCUT2D eigenvalue weighted by molar-refractivity contribution is 0.470. The number of nitrogens with zero attached hydrogens (tertiary/aromatic N) is 2. The molecular formula is C17H14N2O2. The van der Waals surface area contributed by atoms with Gasteiger partial charge in [0.1, 0.15) is 11.5 Å². The van der Waals surface area contributed by atoms with Crippen molar-refractivity contribution in [3.8, 4) is 5.75 Å². The summed E-state index contributed by atoms with van der Waals surface area (Å²) in [4.78, 5) is 15.8. The van der Waals surface area contributed by atoms with Crippen LogP contribution in [-0.4, -0.2) is 12.3 Å². The number of rotatable bonds is 3. The van der Waals surface area contributed by atoms with E-state index in [0.717, 1.165) is 11.1 Å². The topological polar surface area (TPSA) is 51.0 Å². The fourth-order valence-electron chi connectivity index (χ4n) is 2.33. The number of aliphatic imine (C=N–C) groups is 1. The molecule has 0 spiro atoms. The van der Waals surface area contributed by atoms with Gasteiger partial charge in [-0.15, -0.1) is 4.91 Å². The highest BCUT2D eigenvalue weighted by Gasteiger charge is 2.29. The standard InChI is InChI=1S/C17H14N2O2/c1-2-18-16-13-10-6-7-11-14(13)21-17(16)15(19-20)12-8-4-3-5-9-12/h3-11H,2H2,1H3/b17-15+,18-16-. The maximum absolute atomic E-state index is 11.4. The zero-order chi connectivity index (χ0) is 14.7. The Morgan fingerprint density at radius 3 is 2.48 bits per heavy atom. The van der Waals surface area contributed by atoms with Crippen molar-refractivity contribution < 1.29 is 4.74 Å². The van der Waals surface area contributed by atoms with Crippen molar-refractivity contribution in [3.63, 3.8) is 0 Å². The van der Waals surface area contributed by atoms with Crippen LogP contribution >= 0.6 is 0 Å². The molecule has 2 aromatic rings. The van der Waals surface area contributed by atoms with Crippen LogP contribution in [0.5, 0.6) is 5.75 Å². The summed E-state index contributed by atoms with van der Waals surface area (Å²) in [6.45, 7) is 2.56. The molecule has 0 radical (unpaired) electrons. The van der Waals surface area contributed by atoms with E-state index in [1.54, 1.807) is 0 Å². The van der Waals surface area contributed by atoms with Gasteiger partial charge in [-0.3, -0.25) is 4.99 Å². The first-order chi connectivity index (χ1) is 10.3. The lowest BCUT2D eigenvalue weighted by Gasteiger charge is -2.04. The van der Waals surface area contributed by atoms with Gasteiger partial charge in [-0.1, -0.05) is 42.5 Å². The molecule has 0 unspecified atom stereocenters. The van der Waals surface area contributed by atoms with Crippen LogP contribution < -0.4 is 4.74 Å². The lowest BCUT2D eigenvalue weighted by atomic mass is 10.1. The normalized spacial score (nSPS) is 17.3. The minimum absolute atomic E-state index is 0.277. The Morgan fingerprint density at radius 1 is 1.05 bits per heavy atom. The SMILES string of the molecule is CC/N=C1\C(=C(/N=O)c2ccccc2)Oc2ccccc21. The van der Waals surface area contributed by atoms with Gasteiger partial charge in [-0.05, 0) is 24.2 Å². The quantitative estimate of drug-likeness (QED) is 0.796. The fraction of sp³-hybridized carbons (Fsp3) is 0.118. The Balaban J connectivity index is 2.20. The van der Waals surface area contributed by atoms with Crippen molar-refractivity contribution in [2.45, 2.75) is 6.92 Å². The summed E-state index contributed by atoms with van der Waals surface area (Å²) >= 11 is 0. The Bertz CT molecular complexity index is 733. The molecule has 0 bridgehead atoms. The molecule has 1 aliphatic rings. The molecule has 104 valence electrons. The second kappa shape index (κ2) is 5.71. The van der Waals surface area contributed by atoms with Gasteiger partial charge in [0.25, 0.3) is 0 Å². The van der Waals surface area contributed by atoms with E-state index in [9.17, 15) is 4.91 Å². The van der Waals surface area contributed by atoms with Gasteiger partial charge in [-0.2, -0.15) is 0 Å². The van der Waals surface area contributed by atoms with E-state index in [1.807, 2.05) is 61.5 Å². The molecule has 0 saturated carbocycles. The van der Waals surface area contributed by atoms with Gasteiger partial charge < -0.3 is 4.74 Å². The molecule has 3 rings (SSSR count). The number of allylic oxidation sites excluding steroid dienone is 1. The number of fused-ring (bicyclic) bond motifs is 1. The smallest absolute Gasteiger partial charge is 0.183 e. The van der Waals surface area contributed by atoms with Crippen LogP contribution in [0.15, 0.2) is 70.5 Å². The summed E-state index contributed by atoms with van der Waals surface area (Å²) < 4.78 is 5.83. The summed E-state index contributed by atoms with van der Waals surface area (Å²) in [7, 11) is 0. The summed E-state index contributed by atoms with van der Waals surface area (Å²) in [5.41, 5.74) is 2.58. The summed E-state index contributed by atoms with van der Waals surface area (Å²) in [5, 5.41) is 3.18. The molecule has 21 heavy (non-hydrogen) atoms. The highest BCUT2D eigenvalue weighted by atomic mass is 16.5. The molecule has 0 amide bonds. The number of ether oxygens (including phenoxy) is 1. The van der Waals surface area contributed by atoms with Crippen molar-refractivity contribution in [3.05, 3.63) is 76.4 Å². The maximum atomic E-state index is 11.4. The van der Waals surface area contributed by atoms with Gasteiger partial charge in [-0.25, -0.2) is 0 Å². The van der Waals surface area contributed by atoms with Gasteiger partial charge >= 0.3 is 0 Å². The van der Waals surface area contributed by atoms with E-state index in [4.69, 9.17) is 4.74 Å². The Labute approximate surface area is 122 Å². The second-order valence-corrected chi connectivity index (χ2v) is 4.56. The fourth-order valence-corrected chi connectivity index (χ4v) is 2.33. The van der Waals surface area contributed by atoms with Crippen molar-refractivity contribution in [2.24, 2.45) is 10.2 Å². The van der Waals surface area contributed by atoms with E-state index in [1.165, 1.54) is 0 Å². The predicted molar refractivity (Wildman–Crippen MR) is 83.3 cm³/mol. The predicted octanol–water partition coefficient (Wildman–Crippen LogP) is 4.02. The average molecular weight is 278 g/mol. The number of benzene rings is 2. The van der Waals surface area contributed by atoms with Crippen LogP contribution in [0.2, 0.25) is 0 Å². The molecule has 0 saturated heterocycles. The summed E-state index contributed by atoms with van der Waals surface area (Å²) in [6, 6.07) is 16.9. The molecule has 4 heteroatoms. The zero-order valence-electron chi connectivity index (χ0n) is 11.6. The van der Waals surface area contributed by atoms with E-state index in [-0.39, 0.29) is 5.70 Å². The van der Waals surface area contributed by atoms with Crippen molar-refractivity contribution in [1.82, 2.24) is 0 Å². The van der Waals surface area contributed by atoms with Crippen LogP contribution in [-0.2, 0) is 0 Å². The molecule has 0 aromatic heterocycles. The maximum Gasteiger partial charge on any atom is 0.183 e. The average Bonchev–Trinajstić information content (AvgIpc) is 2.89. The lowest BCUT2D eigenvalue weighted by Crippen LogP contribution is -2.04. The first kappa shape index (κ1) is 13.2. The van der Waals surface area contributed by atoms with E-state index >= 15 is 0 Å². The van der Waals surface area contributed by atoms with E-state index < -0.39 is 0 Å². The van der Waals surface area contributed by atoms with Crippen molar-refractivity contribution >= 4 is 11.4 Å². The minimum atomic E-state index is 0.277. The van der Waals surface area contributed by atoms with Crippen LogP contribution in [0.3, 0.4) is 0 Å². The molecule has 0 N–H and O–H groups in total. The minimum Gasteiger partial charge on any atom is -0.452 e. The molecule has 0 fully saturated rings. The second-order valence-electron chi connectivity index (χ2n) is 4.56. The van der Waals surface area contributed by atoms with Gasteiger partial charge in [0, 0.05) is 17.7 Å². The van der Waals surface area contributed by atoms with Crippen LogP contribution in [0.4, 0.5) is 0 Å². The first-order valence-corrected chi connectivity index (χ1v) is 6.80. The van der Waals surface area contributed by atoms with E-state index in [2.05, 4.69) is 10.2 Å². The third-order valence-electron chi connectivity index (χ3n) is 3.24. The third kappa shape index (κ3) is 2.36. The first-order valence-electron chi connectivity index (χ1n) is 6.80. The molecule has 4 nitrogen and oxygen atoms in total. The van der Waals surface area contributed by atoms with Crippen LogP contribution in [0.1, 0.15) is 18.1 Å². The number of para-hydroxylation sites is 1. The number of hydrogen-bond acceptors (Lipinski definition) is 4. The Morgan fingerprint density at radius 2 is 1.76 bits per heavy atom. The van der Waals surface area contributed by atoms with Crippen molar-refractivity contribution in [2.75, 3.05) is 6.54 Å². The zero-order valence-corrected chi connectivity index (χ0v) is 11.6. The van der Waals surface area contributed by atoms with Gasteiger partial charge in [0.2, 0.25) is 0 Å².